The van der Waals surface area contributed by atoms with Crippen LogP contribution in [0.5, 0.6) is 0 Å². The van der Waals surface area contributed by atoms with Gasteiger partial charge in [0.05, 0.1) is 0 Å². The van der Waals surface area contributed by atoms with Gasteiger partial charge >= 0.3 is 0 Å². The second kappa shape index (κ2) is 6.71. The minimum Gasteiger partial charge on any atom is -0.306 e. The summed E-state index contributed by atoms with van der Waals surface area (Å²) in [6, 6.07) is 9.02. The molecule has 1 fully saturated rings. The van der Waals surface area contributed by atoms with Gasteiger partial charge in [-0.2, -0.15) is 0 Å². The Balaban J connectivity index is 1.95. The van der Waals surface area contributed by atoms with E-state index in [0.717, 1.165) is 18.3 Å². The molecule has 1 saturated carbocycles. The third-order valence-electron chi connectivity index (χ3n) is 4.97. The van der Waals surface area contributed by atoms with Crippen LogP contribution in [0.25, 0.3) is 0 Å². The van der Waals surface area contributed by atoms with Crippen molar-refractivity contribution in [2.45, 2.75) is 70.9 Å². The molecule has 0 radical (unpaired) electrons. The second-order valence-electron chi connectivity index (χ2n) is 7.90. The Bertz CT molecular complexity index is 436. The number of benzene rings is 1. The molecule has 2 heteroatoms. The summed E-state index contributed by atoms with van der Waals surface area (Å²) in [5.74, 6) is 1.58. The molecular weight excluding hydrogens is 278 g/mol. The fourth-order valence-corrected chi connectivity index (χ4v) is 3.45. The van der Waals surface area contributed by atoms with Crippen molar-refractivity contribution in [3.05, 3.63) is 35.4 Å². The third-order valence-corrected chi connectivity index (χ3v) is 5.49. The van der Waals surface area contributed by atoms with Crippen LogP contribution in [0.15, 0.2) is 24.3 Å². The fraction of sp³-hybridized carbons (Fsp3) is 0.684. The first-order valence-corrected chi connectivity index (χ1v) is 8.78. The summed E-state index contributed by atoms with van der Waals surface area (Å²) in [6.07, 6.45) is 5.00. The average molecular weight is 308 g/mol. The van der Waals surface area contributed by atoms with E-state index in [2.05, 4.69) is 57.3 Å². The Labute approximate surface area is 135 Å². The maximum atomic E-state index is 6.27. The highest BCUT2D eigenvalue weighted by Crippen LogP contribution is 2.33. The van der Waals surface area contributed by atoms with Gasteiger partial charge in [0.2, 0.25) is 0 Å². The van der Waals surface area contributed by atoms with Gasteiger partial charge in [0.25, 0.3) is 0 Å². The van der Waals surface area contributed by atoms with Crippen LogP contribution < -0.4 is 5.32 Å². The van der Waals surface area contributed by atoms with Crippen LogP contribution in [-0.2, 0) is 12.0 Å². The fourth-order valence-electron chi connectivity index (χ4n) is 3.08. The first-order chi connectivity index (χ1) is 9.85. The van der Waals surface area contributed by atoms with E-state index in [-0.39, 0.29) is 11.0 Å². The molecule has 1 aliphatic rings. The van der Waals surface area contributed by atoms with Crippen molar-refractivity contribution in [2.75, 3.05) is 5.88 Å². The SMILES string of the molecule is CC1CCC(CCl)(NCc2ccc(C(C)(C)C)cc2)CC1. The monoisotopic (exact) mass is 307 g/mol. The lowest BCUT2D eigenvalue weighted by molar-refractivity contribution is 0.216. The largest absolute Gasteiger partial charge is 0.306 e. The first kappa shape index (κ1) is 16.8. The Hall–Kier alpha value is -0.530. The summed E-state index contributed by atoms with van der Waals surface area (Å²) in [7, 11) is 0. The van der Waals surface area contributed by atoms with E-state index in [1.54, 1.807) is 0 Å². The highest BCUT2D eigenvalue weighted by atomic mass is 35.5. The number of alkyl halides is 1. The maximum Gasteiger partial charge on any atom is 0.0406 e. The van der Waals surface area contributed by atoms with Crippen molar-refractivity contribution < 1.29 is 0 Å². The molecule has 0 bridgehead atoms. The molecule has 0 aromatic heterocycles. The predicted octanol–water partition coefficient (Wildman–Crippen LogP) is 5.26. The summed E-state index contributed by atoms with van der Waals surface area (Å²) in [5, 5.41) is 3.75. The van der Waals surface area contributed by atoms with Crippen molar-refractivity contribution >= 4 is 11.6 Å². The second-order valence-corrected chi connectivity index (χ2v) is 8.16. The molecular formula is C19H30ClN. The van der Waals surface area contributed by atoms with Gasteiger partial charge in [-0.15, -0.1) is 11.6 Å². The zero-order valence-corrected chi connectivity index (χ0v) is 14.8. The lowest BCUT2D eigenvalue weighted by Gasteiger charge is -2.39. The third kappa shape index (κ3) is 4.47. The Morgan fingerprint density at radius 1 is 1.14 bits per heavy atom. The van der Waals surface area contributed by atoms with Gasteiger partial charge in [0.15, 0.2) is 0 Å². The summed E-state index contributed by atoms with van der Waals surface area (Å²) in [6.45, 7) is 10.0. The number of rotatable bonds is 4. The molecule has 0 atom stereocenters. The van der Waals surface area contributed by atoms with E-state index >= 15 is 0 Å². The highest BCUT2D eigenvalue weighted by Gasteiger charge is 2.32. The molecule has 118 valence electrons. The van der Waals surface area contributed by atoms with Gasteiger partial charge < -0.3 is 5.32 Å². The first-order valence-electron chi connectivity index (χ1n) is 8.25. The van der Waals surface area contributed by atoms with Crippen LogP contribution in [0.3, 0.4) is 0 Å². The van der Waals surface area contributed by atoms with E-state index < -0.39 is 0 Å². The summed E-state index contributed by atoms with van der Waals surface area (Å²) in [4.78, 5) is 0. The van der Waals surface area contributed by atoms with Gasteiger partial charge in [0.1, 0.15) is 0 Å². The lowest BCUT2D eigenvalue weighted by Crippen LogP contribution is -2.49. The molecule has 0 spiro atoms. The van der Waals surface area contributed by atoms with Gasteiger partial charge in [-0.25, -0.2) is 0 Å². The maximum absolute atomic E-state index is 6.27. The summed E-state index contributed by atoms with van der Waals surface area (Å²) < 4.78 is 0. The molecule has 2 rings (SSSR count). The smallest absolute Gasteiger partial charge is 0.0406 e. The zero-order valence-electron chi connectivity index (χ0n) is 14.0. The molecule has 1 aromatic carbocycles. The summed E-state index contributed by atoms with van der Waals surface area (Å²) in [5.41, 5.74) is 3.12. The van der Waals surface area contributed by atoms with E-state index in [0.29, 0.717) is 0 Å². The minimum absolute atomic E-state index is 0.150. The van der Waals surface area contributed by atoms with E-state index in [9.17, 15) is 0 Å². The average Bonchev–Trinajstić information content (AvgIpc) is 2.47. The normalized spacial score (nSPS) is 26.8. The van der Waals surface area contributed by atoms with Crippen LogP contribution in [0.4, 0.5) is 0 Å². The quantitative estimate of drug-likeness (QED) is 0.748. The van der Waals surface area contributed by atoms with Gasteiger partial charge in [-0.05, 0) is 48.1 Å². The minimum atomic E-state index is 0.150. The van der Waals surface area contributed by atoms with Crippen LogP contribution in [-0.4, -0.2) is 11.4 Å². The Morgan fingerprint density at radius 3 is 2.19 bits per heavy atom. The van der Waals surface area contributed by atoms with E-state index in [1.165, 1.54) is 36.8 Å². The molecule has 0 saturated heterocycles. The van der Waals surface area contributed by atoms with Crippen LogP contribution in [0.2, 0.25) is 0 Å². The Morgan fingerprint density at radius 2 is 1.71 bits per heavy atom. The Kier molecular flexibility index (Phi) is 5.38. The van der Waals surface area contributed by atoms with Gasteiger partial charge in [-0.1, -0.05) is 52.0 Å². The molecule has 1 N–H and O–H groups in total. The predicted molar refractivity (Wildman–Crippen MR) is 93.1 cm³/mol. The topological polar surface area (TPSA) is 12.0 Å². The molecule has 0 aliphatic heterocycles. The number of halogens is 1. The molecule has 1 aliphatic carbocycles. The van der Waals surface area contributed by atoms with Crippen molar-refractivity contribution in [3.8, 4) is 0 Å². The lowest BCUT2D eigenvalue weighted by atomic mass is 9.78. The van der Waals surface area contributed by atoms with Crippen molar-refractivity contribution in [2.24, 2.45) is 5.92 Å². The summed E-state index contributed by atoms with van der Waals surface area (Å²) >= 11 is 6.27. The van der Waals surface area contributed by atoms with Crippen LogP contribution in [0.1, 0.15) is 64.5 Å². The molecule has 1 aromatic rings. The molecule has 21 heavy (non-hydrogen) atoms. The van der Waals surface area contributed by atoms with E-state index in [4.69, 9.17) is 11.6 Å². The molecule has 0 amide bonds. The van der Waals surface area contributed by atoms with Crippen molar-refractivity contribution in [1.82, 2.24) is 5.32 Å². The van der Waals surface area contributed by atoms with Crippen molar-refractivity contribution in [1.29, 1.82) is 0 Å². The molecule has 0 unspecified atom stereocenters. The van der Waals surface area contributed by atoms with Gasteiger partial charge in [0, 0.05) is 18.0 Å². The molecule has 0 heterocycles. The number of hydrogen-bond acceptors (Lipinski definition) is 1. The molecule has 1 nitrogen and oxygen atoms in total. The van der Waals surface area contributed by atoms with Gasteiger partial charge in [-0.3, -0.25) is 0 Å². The van der Waals surface area contributed by atoms with Crippen LogP contribution in [0, 0.1) is 5.92 Å². The standard InChI is InChI=1S/C19H30ClN/c1-15-9-11-19(14-20,12-10-15)21-13-16-5-7-17(8-6-16)18(2,3)4/h5-8,15,21H,9-14H2,1-4H3. The van der Waals surface area contributed by atoms with Crippen LogP contribution >= 0.6 is 11.6 Å². The zero-order chi connectivity index (χ0) is 15.5. The van der Waals surface area contributed by atoms with Crippen molar-refractivity contribution in [3.63, 3.8) is 0 Å². The highest BCUT2D eigenvalue weighted by molar-refractivity contribution is 6.18. The number of hydrogen-bond donors (Lipinski definition) is 1. The number of nitrogens with one attached hydrogen (secondary N) is 1. The van der Waals surface area contributed by atoms with E-state index in [1.807, 2.05) is 0 Å².